The molecule has 0 aromatic heterocycles. The number of hydrogen-bond acceptors (Lipinski definition) is 3. The molecular weight excluding hydrogens is 298 g/mol. The lowest BCUT2D eigenvalue weighted by atomic mass is 10.2. The van der Waals surface area contributed by atoms with Crippen LogP contribution in [-0.2, 0) is 10.5 Å². The molecule has 0 radical (unpaired) electrons. The van der Waals surface area contributed by atoms with Gasteiger partial charge in [-0.1, -0.05) is 42.5 Å². The molecule has 2 aromatic carbocycles. The van der Waals surface area contributed by atoms with E-state index in [4.69, 9.17) is 0 Å². The topological polar surface area (TPSA) is 29.1 Å². The van der Waals surface area contributed by atoms with Gasteiger partial charge >= 0.3 is 0 Å². The lowest BCUT2D eigenvalue weighted by molar-refractivity contribution is -0.115. The van der Waals surface area contributed by atoms with Crippen LogP contribution in [0.15, 0.2) is 59.5 Å². The Morgan fingerprint density at radius 3 is 2.48 bits per heavy atom. The quantitative estimate of drug-likeness (QED) is 0.785. The monoisotopic (exact) mass is 317 g/mol. The van der Waals surface area contributed by atoms with Crippen LogP contribution in [0.1, 0.15) is 12.5 Å². The lowest BCUT2D eigenvalue weighted by Gasteiger charge is -2.14. The molecule has 0 aliphatic carbocycles. The molecule has 1 amide bonds. The molecule has 0 saturated heterocycles. The van der Waals surface area contributed by atoms with E-state index >= 15 is 0 Å². The Balaban J connectivity index is 1.90. The Morgan fingerprint density at radius 2 is 1.76 bits per heavy atom. The largest absolute Gasteiger partial charge is 0.324 e. The molecule has 0 saturated carbocycles. The second-order valence-electron chi connectivity index (χ2n) is 4.63. The molecule has 0 aliphatic rings. The average molecular weight is 317 g/mol. The first kappa shape index (κ1) is 16.0. The van der Waals surface area contributed by atoms with Crippen molar-refractivity contribution in [2.45, 2.75) is 22.8 Å². The van der Waals surface area contributed by atoms with Crippen molar-refractivity contribution >= 4 is 35.1 Å². The first-order valence-corrected chi connectivity index (χ1v) is 9.07. The Kier molecular flexibility index (Phi) is 6.21. The molecule has 0 spiro atoms. The van der Waals surface area contributed by atoms with Crippen LogP contribution in [0.3, 0.4) is 0 Å². The molecule has 110 valence electrons. The minimum absolute atomic E-state index is 0.0532. The minimum Gasteiger partial charge on any atom is -0.324 e. The summed E-state index contributed by atoms with van der Waals surface area (Å²) in [6, 6.07) is 18.1. The molecule has 2 rings (SSSR count). The van der Waals surface area contributed by atoms with E-state index in [1.54, 1.807) is 23.5 Å². The van der Waals surface area contributed by atoms with Crippen LogP contribution in [0.5, 0.6) is 0 Å². The van der Waals surface area contributed by atoms with E-state index in [1.165, 1.54) is 5.56 Å². The Morgan fingerprint density at radius 1 is 1.10 bits per heavy atom. The second-order valence-corrected chi connectivity index (χ2v) is 6.81. The summed E-state index contributed by atoms with van der Waals surface area (Å²) in [4.78, 5) is 13.3. The van der Waals surface area contributed by atoms with Crippen molar-refractivity contribution in [2.75, 3.05) is 11.6 Å². The van der Waals surface area contributed by atoms with Crippen LogP contribution in [0, 0.1) is 0 Å². The average Bonchev–Trinajstić information content (AvgIpc) is 2.54. The Hall–Kier alpha value is -1.39. The van der Waals surface area contributed by atoms with Crippen LogP contribution in [0.4, 0.5) is 5.69 Å². The van der Waals surface area contributed by atoms with Gasteiger partial charge in [-0.3, -0.25) is 4.79 Å². The third-order valence-electron chi connectivity index (χ3n) is 3.08. The van der Waals surface area contributed by atoms with E-state index < -0.39 is 0 Å². The molecule has 21 heavy (non-hydrogen) atoms. The number of carbonyl (C=O) groups is 1. The van der Waals surface area contributed by atoms with Crippen molar-refractivity contribution in [1.82, 2.24) is 0 Å². The zero-order valence-corrected chi connectivity index (χ0v) is 13.8. The van der Waals surface area contributed by atoms with E-state index in [-0.39, 0.29) is 11.2 Å². The van der Waals surface area contributed by atoms with Gasteiger partial charge < -0.3 is 5.32 Å². The van der Waals surface area contributed by atoms with Crippen molar-refractivity contribution < 1.29 is 4.79 Å². The summed E-state index contributed by atoms with van der Waals surface area (Å²) in [6.07, 6.45) is 2.01. The maximum atomic E-state index is 12.3. The number of thioether (sulfide) groups is 2. The Labute approximate surface area is 134 Å². The van der Waals surface area contributed by atoms with E-state index in [9.17, 15) is 4.79 Å². The maximum absolute atomic E-state index is 12.3. The van der Waals surface area contributed by atoms with Gasteiger partial charge in [-0.05, 0) is 30.9 Å². The fourth-order valence-corrected chi connectivity index (χ4v) is 3.25. The highest BCUT2D eigenvalue weighted by molar-refractivity contribution is 7.99. The fraction of sp³-hybridized carbons (Fsp3) is 0.235. The number of nitrogens with one attached hydrogen (secondary N) is 1. The van der Waals surface area contributed by atoms with Gasteiger partial charge in [0.1, 0.15) is 0 Å². The van der Waals surface area contributed by atoms with Crippen LogP contribution < -0.4 is 5.32 Å². The molecule has 2 nitrogen and oxygen atoms in total. The molecule has 0 fully saturated rings. The maximum Gasteiger partial charge on any atom is 0.237 e. The number of carbonyl (C=O) groups excluding carboxylic acids is 1. The van der Waals surface area contributed by atoms with Crippen LogP contribution in [0.2, 0.25) is 0 Å². The van der Waals surface area contributed by atoms with E-state index in [0.29, 0.717) is 0 Å². The standard InChI is InChI=1S/C17H19NOS2/c1-13(21-12-14-8-4-3-5-9-14)17(19)18-15-10-6-7-11-16(15)20-2/h3-11,13H,12H2,1-2H3,(H,18,19)/t13-/m1/s1. The molecule has 0 aliphatic heterocycles. The summed E-state index contributed by atoms with van der Waals surface area (Å²) in [7, 11) is 0. The summed E-state index contributed by atoms with van der Waals surface area (Å²) in [5.74, 6) is 0.900. The summed E-state index contributed by atoms with van der Waals surface area (Å²) in [6.45, 7) is 1.95. The zero-order valence-electron chi connectivity index (χ0n) is 12.2. The van der Waals surface area contributed by atoms with Gasteiger partial charge in [0.15, 0.2) is 0 Å². The van der Waals surface area contributed by atoms with Gasteiger partial charge in [0.25, 0.3) is 0 Å². The third-order valence-corrected chi connectivity index (χ3v) is 5.09. The minimum atomic E-state index is -0.0832. The summed E-state index contributed by atoms with van der Waals surface area (Å²) in [5, 5.41) is 2.93. The predicted molar refractivity (Wildman–Crippen MR) is 94.1 cm³/mol. The van der Waals surface area contributed by atoms with Gasteiger partial charge in [0.2, 0.25) is 5.91 Å². The molecule has 0 bridgehead atoms. The first-order chi connectivity index (χ1) is 10.2. The number of amides is 1. The van der Waals surface area contributed by atoms with Gasteiger partial charge in [0, 0.05) is 10.6 Å². The van der Waals surface area contributed by atoms with Crippen molar-refractivity contribution in [3.8, 4) is 0 Å². The van der Waals surface area contributed by atoms with Crippen molar-refractivity contribution in [3.63, 3.8) is 0 Å². The highest BCUT2D eigenvalue weighted by atomic mass is 32.2. The molecule has 1 atom stereocenters. The first-order valence-electron chi connectivity index (χ1n) is 6.80. The van der Waals surface area contributed by atoms with Crippen molar-refractivity contribution in [3.05, 3.63) is 60.2 Å². The highest BCUT2D eigenvalue weighted by Crippen LogP contribution is 2.26. The second kappa shape index (κ2) is 8.15. The number of hydrogen-bond donors (Lipinski definition) is 1. The van der Waals surface area contributed by atoms with Gasteiger partial charge in [0.05, 0.1) is 10.9 Å². The van der Waals surface area contributed by atoms with Gasteiger partial charge in [-0.2, -0.15) is 0 Å². The van der Waals surface area contributed by atoms with Gasteiger partial charge in [-0.25, -0.2) is 0 Å². The van der Waals surface area contributed by atoms with E-state index in [0.717, 1.165) is 16.3 Å². The molecular formula is C17H19NOS2. The predicted octanol–water partition coefficient (Wildman–Crippen LogP) is 4.67. The fourth-order valence-electron chi connectivity index (χ4n) is 1.85. The number of para-hydroxylation sites is 1. The smallest absolute Gasteiger partial charge is 0.237 e. The number of rotatable bonds is 6. The summed E-state index contributed by atoms with van der Waals surface area (Å²) >= 11 is 3.29. The highest BCUT2D eigenvalue weighted by Gasteiger charge is 2.14. The summed E-state index contributed by atoms with van der Waals surface area (Å²) < 4.78 is 0. The van der Waals surface area contributed by atoms with Crippen LogP contribution >= 0.6 is 23.5 Å². The number of anilines is 1. The van der Waals surface area contributed by atoms with Crippen LogP contribution in [0.25, 0.3) is 0 Å². The van der Waals surface area contributed by atoms with Crippen molar-refractivity contribution in [1.29, 1.82) is 0 Å². The molecule has 1 N–H and O–H groups in total. The molecule has 0 heterocycles. The van der Waals surface area contributed by atoms with Crippen molar-refractivity contribution in [2.24, 2.45) is 0 Å². The lowest BCUT2D eigenvalue weighted by Crippen LogP contribution is -2.22. The molecule has 0 unspecified atom stereocenters. The third kappa shape index (κ3) is 4.83. The molecule has 4 heteroatoms. The summed E-state index contributed by atoms with van der Waals surface area (Å²) in [5.41, 5.74) is 2.13. The SMILES string of the molecule is CSc1ccccc1NC(=O)[C@@H](C)SCc1ccccc1. The molecule has 2 aromatic rings. The Bertz CT molecular complexity index is 586. The zero-order chi connectivity index (χ0) is 15.1. The van der Waals surface area contributed by atoms with E-state index in [2.05, 4.69) is 17.4 Å². The normalized spacial score (nSPS) is 11.9. The van der Waals surface area contributed by atoms with E-state index in [1.807, 2.05) is 55.6 Å². The number of benzene rings is 2. The van der Waals surface area contributed by atoms with Crippen LogP contribution in [-0.4, -0.2) is 17.4 Å². The van der Waals surface area contributed by atoms with Gasteiger partial charge in [-0.15, -0.1) is 23.5 Å².